The van der Waals surface area contributed by atoms with Crippen LogP contribution in [0.15, 0.2) is 28.7 Å². The van der Waals surface area contributed by atoms with Crippen LogP contribution in [0.4, 0.5) is 10.2 Å². The highest BCUT2D eigenvalue weighted by Crippen LogP contribution is 2.26. The van der Waals surface area contributed by atoms with Crippen LogP contribution >= 0.6 is 15.9 Å². The van der Waals surface area contributed by atoms with Crippen molar-refractivity contribution in [2.75, 3.05) is 25.6 Å². The molecular formula is C12H13BrFN3O. The molecule has 0 fully saturated rings. The Bertz CT molecular complexity index is 530. The lowest BCUT2D eigenvalue weighted by molar-refractivity contribution is 0.210. The average Bonchev–Trinajstić information content (AvgIpc) is 2.81. The predicted molar refractivity (Wildman–Crippen MR) is 72.0 cm³/mol. The highest BCUT2D eigenvalue weighted by Gasteiger charge is 2.09. The molecule has 6 heteroatoms. The second-order valence-corrected chi connectivity index (χ2v) is 4.63. The van der Waals surface area contributed by atoms with E-state index in [1.807, 2.05) is 0 Å². The van der Waals surface area contributed by atoms with E-state index in [1.54, 1.807) is 25.3 Å². The summed E-state index contributed by atoms with van der Waals surface area (Å²) in [5.41, 5.74) is 1.12. The molecule has 18 heavy (non-hydrogen) atoms. The number of halogens is 2. The molecule has 0 aliphatic carbocycles. The van der Waals surface area contributed by atoms with Crippen LogP contribution in [0.3, 0.4) is 0 Å². The molecule has 0 atom stereocenters. The number of nitrogens with zero attached hydrogens (tertiary/aromatic N) is 1. The highest BCUT2D eigenvalue weighted by atomic mass is 79.9. The van der Waals surface area contributed by atoms with Crippen molar-refractivity contribution in [1.29, 1.82) is 0 Å². The van der Waals surface area contributed by atoms with E-state index in [2.05, 4.69) is 31.4 Å². The molecule has 1 aromatic carbocycles. The molecule has 1 heterocycles. The van der Waals surface area contributed by atoms with Gasteiger partial charge in [-0.3, -0.25) is 5.10 Å². The first kappa shape index (κ1) is 13.0. The van der Waals surface area contributed by atoms with Crippen molar-refractivity contribution in [2.45, 2.75) is 0 Å². The van der Waals surface area contributed by atoms with Crippen molar-refractivity contribution in [1.82, 2.24) is 10.2 Å². The van der Waals surface area contributed by atoms with E-state index < -0.39 is 0 Å². The number of hydrogen-bond acceptors (Lipinski definition) is 3. The normalized spacial score (nSPS) is 10.6. The minimum atomic E-state index is -0.287. The molecule has 0 saturated heterocycles. The first-order valence-electron chi connectivity index (χ1n) is 5.44. The summed E-state index contributed by atoms with van der Waals surface area (Å²) in [6.45, 7) is 1.25. The number of methoxy groups -OCH3 is 1. The summed E-state index contributed by atoms with van der Waals surface area (Å²) in [4.78, 5) is 0. The zero-order valence-electron chi connectivity index (χ0n) is 9.84. The van der Waals surface area contributed by atoms with Crippen molar-refractivity contribution in [3.8, 4) is 11.3 Å². The first-order valence-corrected chi connectivity index (χ1v) is 6.23. The van der Waals surface area contributed by atoms with Gasteiger partial charge in [0.25, 0.3) is 0 Å². The summed E-state index contributed by atoms with van der Waals surface area (Å²) in [5, 5.41) is 9.93. The zero-order valence-corrected chi connectivity index (χ0v) is 11.4. The van der Waals surface area contributed by atoms with Gasteiger partial charge in [-0.15, -0.1) is 0 Å². The largest absolute Gasteiger partial charge is 0.383 e. The van der Waals surface area contributed by atoms with E-state index in [-0.39, 0.29) is 5.82 Å². The minimum Gasteiger partial charge on any atom is -0.383 e. The molecule has 4 nitrogen and oxygen atoms in total. The van der Waals surface area contributed by atoms with Crippen molar-refractivity contribution < 1.29 is 9.13 Å². The van der Waals surface area contributed by atoms with Crippen LogP contribution in [0.5, 0.6) is 0 Å². The van der Waals surface area contributed by atoms with Crippen LogP contribution in [0.2, 0.25) is 0 Å². The maximum absolute atomic E-state index is 13.7. The number of hydrogen-bond donors (Lipinski definition) is 2. The lowest BCUT2D eigenvalue weighted by atomic mass is 10.1. The second-order valence-electron chi connectivity index (χ2n) is 3.71. The quantitative estimate of drug-likeness (QED) is 0.834. The number of benzene rings is 1. The maximum Gasteiger partial charge on any atom is 0.148 e. The fourth-order valence-electron chi connectivity index (χ4n) is 1.54. The van der Waals surface area contributed by atoms with Gasteiger partial charge in [0.1, 0.15) is 11.6 Å². The summed E-state index contributed by atoms with van der Waals surface area (Å²) in [6, 6.07) is 6.55. The van der Waals surface area contributed by atoms with Crippen molar-refractivity contribution in [2.24, 2.45) is 0 Å². The van der Waals surface area contributed by atoms with Gasteiger partial charge in [0.15, 0.2) is 0 Å². The summed E-state index contributed by atoms with van der Waals surface area (Å²) in [5.74, 6) is 0.381. The maximum atomic E-state index is 13.7. The fraction of sp³-hybridized carbons (Fsp3) is 0.250. The minimum absolute atomic E-state index is 0.287. The smallest absolute Gasteiger partial charge is 0.148 e. The van der Waals surface area contributed by atoms with Gasteiger partial charge in [0, 0.05) is 29.8 Å². The van der Waals surface area contributed by atoms with Crippen LogP contribution in [0.1, 0.15) is 0 Å². The monoisotopic (exact) mass is 313 g/mol. The molecule has 0 aliphatic heterocycles. The molecular weight excluding hydrogens is 301 g/mol. The lowest BCUT2D eigenvalue weighted by Crippen LogP contribution is -2.07. The van der Waals surface area contributed by atoms with E-state index in [9.17, 15) is 4.39 Å². The third-order valence-electron chi connectivity index (χ3n) is 2.41. The molecule has 2 aromatic rings. The molecule has 0 amide bonds. The number of anilines is 1. The van der Waals surface area contributed by atoms with Crippen molar-refractivity contribution in [3.05, 3.63) is 34.6 Å². The summed E-state index contributed by atoms with van der Waals surface area (Å²) in [6.07, 6.45) is 0. The second kappa shape index (κ2) is 5.97. The van der Waals surface area contributed by atoms with Crippen LogP contribution in [0.25, 0.3) is 11.3 Å². The van der Waals surface area contributed by atoms with E-state index in [0.29, 0.717) is 30.2 Å². The molecule has 1 aromatic heterocycles. The zero-order chi connectivity index (χ0) is 13.0. The number of H-pyrrole nitrogens is 1. The summed E-state index contributed by atoms with van der Waals surface area (Å²) in [7, 11) is 1.63. The molecule has 0 saturated carbocycles. The average molecular weight is 314 g/mol. The Balaban J connectivity index is 2.16. The van der Waals surface area contributed by atoms with Crippen molar-refractivity contribution >= 4 is 21.7 Å². The van der Waals surface area contributed by atoms with Gasteiger partial charge in [-0.1, -0.05) is 15.9 Å². The van der Waals surface area contributed by atoms with Gasteiger partial charge < -0.3 is 10.1 Å². The van der Waals surface area contributed by atoms with Crippen LogP contribution < -0.4 is 5.32 Å². The number of rotatable bonds is 5. The summed E-state index contributed by atoms with van der Waals surface area (Å²) >= 11 is 3.32. The lowest BCUT2D eigenvalue weighted by Gasteiger charge is -2.01. The number of nitrogens with one attached hydrogen (secondary N) is 2. The van der Waals surface area contributed by atoms with Gasteiger partial charge in [-0.25, -0.2) is 4.39 Å². The molecule has 0 aliphatic rings. The summed E-state index contributed by atoms with van der Waals surface area (Å²) < 4.78 is 19.4. The van der Waals surface area contributed by atoms with Gasteiger partial charge in [0.05, 0.1) is 12.3 Å². The molecule has 0 bridgehead atoms. The third-order valence-corrected chi connectivity index (χ3v) is 2.90. The van der Waals surface area contributed by atoms with Crippen LogP contribution in [0, 0.1) is 5.82 Å². The predicted octanol–water partition coefficient (Wildman–Crippen LogP) is 3.04. The topological polar surface area (TPSA) is 49.9 Å². The Morgan fingerprint density at radius 3 is 3.06 bits per heavy atom. The fourth-order valence-corrected chi connectivity index (χ4v) is 1.90. The van der Waals surface area contributed by atoms with Crippen molar-refractivity contribution in [3.63, 3.8) is 0 Å². The Labute approximate surface area is 113 Å². The van der Waals surface area contributed by atoms with Gasteiger partial charge in [0.2, 0.25) is 0 Å². The van der Waals surface area contributed by atoms with Crippen LogP contribution in [-0.4, -0.2) is 30.5 Å². The molecule has 0 radical (unpaired) electrons. The van der Waals surface area contributed by atoms with Gasteiger partial charge in [-0.05, 0) is 18.2 Å². The molecule has 2 rings (SSSR count). The van der Waals surface area contributed by atoms with Gasteiger partial charge >= 0.3 is 0 Å². The molecule has 0 unspecified atom stereocenters. The number of aromatic amines is 1. The van der Waals surface area contributed by atoms with Gasteiger partial charge in [-0.2, -0.15) is 5.10 Å². The van der Waals surface area contributed by atoms with E-state index >= 15 is 0 Å². The Morgan fingerprint density at radius 2 is 2.28 bits per heavy atom. The molecule has 2 N–H and O–H groups in total. The standard InChI is InChI=1S/C12H13BrFN3O/c1-18-5-4-15-12-7-11(16-17-12)9-6-8(13)2-3-10(9)14/h2-3,6-7H,4-5H2,1H3,(H2,15,16,17). The number of aromatic nitrogens is 2. The van der Waals surface area contributed by atoms with Crippen LogP contribution in [-0.2, 0) is 4.74 Å². The number of ether oxygens (including phenoxy) is 1. The molecule has 96 valence electrons. The Kier molecular flexibility index (Phi) is 4.33. The Hall–Kier alpha value is -1.40. The van der Waals surface area contributed by atoms with E-state index in [1.165, 1.54) is 6.07 Å². The first-order chi connectivity index (χ1) is 8.70. The van der Waals surface area contributed by atoms with E-state index in [4.69, 9.17) is 4.74 Å². The Morgan fingerprint density at radius 1 is 1.44 bits per heavy atom. The molecule has 0 spiro atoms. The van der Waals surface area contributed by atoms with E-state index in [0.717, 1.165) is 4.47 Å². The SMILES string of the molecule is COCCNc1cc(-c2cc(Br)ccc2F)[nH]n1. The highest BCUT2D eigenvalue weighted by molar-refractivity contribution is 9.10. The third kappa shape index (κ3) is 3.08.